The van der Waals surface area contributed by atoms with Gasteiger partial charge in [0.1, 0.15) is 0 Å². The van der Waals surface area contributed by atoms with Crippen LogP contribution in [0.1, 0.15) is 36.6 Å². The maximum atomic E-state index is 13.7. The molecule has 0 radical (unpaired) electrons. The number of nitro groups is 1. The highest BCUT2D eigenvalue weighted by atomic mass is 35.5. The number of benzene rings is 2. The van der Waals surface area contributed by atoms with E-state index in [9.17, 15) is 24.8 Å². The third-order valence-corrected chi connectivity index (χ3v) is 7.10. The Labute approximate surface area is 219 Å². The van der Waals surface area contributed by atoms with Crippen LogP contribution in [0, 0.1) is 17.0 Å². The highest BCUT2D eigenvalue weighted by Crippen LogP contribution is 2.35. The molecule has 4 rings (SSSR count). The number of methoxy groups -OCH3 is 1. The van der Waals surface area contributed by atoms with Gasteiger partial charge in [0.05, 0.1) is 45.5 Å². The largest absolute Gasteiger partial charge is 0.503 e. The van der Waals surface area contributed by atoms with E-state index in [-0.39, 0.29) is 38.9 Å². The fourth-order valence-corrected chi connectivity index (χ4v) is 5.35. The summed E-state index contributed by atoms with van der Waals surface area (Å²) >= 11 is 7.19. The molecule has 0 aliphatic carbocycles. The first-order valence-corrected chi connectivity index (χ1v) is 12.3. The maximum Gasteiger partial charge on any atom is 0.338 e. The van der Waals surface area contributed by atoms with Gasteiger partial charge in [0.15, 0.2) is 16.3 Å². The molecule has 192 valence electrons. The van der Waals surface area contributed by atoms with Gasteiger partial charge in [-0.2, -0.15) is 0 Å². The number of carbonyl (C=O) groups is 1. The van der Waals surface area contributed by atoms with Crippen LogP contribution >= 0.6 is 22.9 Å². The van der Waals surface area contributed by atoms with E-state index in [1.54, 1.807) is 39.0 Å². The molecule has 0 bridgehead atoms. The molecule has 1 N–H and O–H groups in total. The van der Waals surface area contributed by atoms with E-state index >= 15 is 0 Å². The lowest BCUT2D eigenvalue weighted by atomic mass is 9.94. The van der Waals surface area contributed by atoms with E-state index in [4.69, 9.17) is 21.1 Å². The first-order valence-electron chi connectivity index (χ1n) is 11.1. The van der Waals surface area contributed by atoms with Gasteiger partial charge in [-0.1, -0.05) is 35.1 Å². The number of phenols is 1. The fourth-order valence-electron chi connectivity index (χ4n) is 4.08. The molecule has 2 heterocycles. The van der Waals surface area contributed by atoms with Gasteiger partial charge in [-0.3, -0.25) is 19.5 Å². The molecule has 37 heavy (non-hydrogen) atoms. The number of aromatic nitrogens is 1. The standard InChI is InChI=1S/C25H22ClN3O7S/c1-5-36-24(32)20-13(3)27-25-28(21(20)15-7-6-12(2)17(11-15)29(33)34)23(31)19(37-25)10-14-8-16(26)22(30)18(9-14)35-4/h6-11,21,30H,5H2,1-4H3. The molecular weight excluding hydrogens is 522 g/mol. The number of hydrogen-bond acceptors (Lipinski definition) is 9. The number of ether oxygens (including phenoxy) is 2. The lowest BCUT2D eigenvalue weighted by Gasteiger charge is -2.24. The van der Waals surface area contributed by atoms with Crippen LogP contribution in [0.15, 0.2) is 51.4 Å². The third kappa shape index (κ3) is 4.75. The average Bonchev–Trinajstić information content (AvgIpc) is 3.14. The molecule has 1 aliphatic rings. The van der Waals surface area contributed by atoms with E-state index in [0.29, 0.717) is 27.2 Å². The Hall–Kier alpha value is -3.96. The summed E-state index contributed by atoms with van der Waals surface area (Å²) in [5.41, 5.74) is 1.17. The molecule has 0 saturated carbocycles. The number of phenolic OH excluding ortho intramolecular Hbond substituents is 1. The average molecular weight is 544 g/mol. The summed E-state index contributed by atoms with van der Waals surface area (Å²) in [6.07, 6.45) is 1.57. The minimum Gasteiger partial charge on any atom is -0.503 e. The number of nitro benzene ring substituents is 1. The van der Waals surface area contributed by atoms with Gasteiger partial charge >= 0.3 is 5.97 Å². The second-order valence-corrected chi connectivity index (χ2v) is 9.58. The van der Waals surface area contributed by atoms with Crippen molar-refractivity contribution < 1.29 is 24.3 Å². The van der Waals surface area contributed by atoms with Crippen molar-refractivity contribution in [3.05, 3.63) is 93.1 Å². The molecule has 0 fully saturated rings. The zero-order valence-corrected chi connectivity index (χ0v) is 21.8. The normalized spacial score (nSPS) is 15.3. The molecule has 3 aromatic rings. The van der Waals surface area contributed by atoms with Crippen molar-refractivity contribution in [3.8, 4) is 11.5 Å². The molecular formula is C25H22ClN3O7S. The molecule has 1 atom stereocenters. The van der Waals surface area contributed by atoms with Crippen molar-refractivity contribution >= 4 is 40.7 Å². The number of carbonyl (C=O) groups excluding carboxylic acids is 1. The van der Waals surface area contributed by atoms with Gasteiger partial charge in [0.2, 0.25) is 0 Å². The van der Waals surface area contributed by atoms with Crippen LogP contribution in [0.4, 0.5) is 5.69 Å². The number of rotatable bonds is 6. The predicted molar refractivity (Wildman–Crippen MR) is 138 cm³/mol. The number of thiazole rings is 1. The summed E-state index contributed by atoms with van der Waals surface area (Å²) in [5, 5.41) is 21.7. The number of nitrogens with zero attached hydrogens (tertiary/aromatic N) is 3. The van der Waals surface area contributed by atoms with Gasteiger partial charge in [0, 0.05) is 11.6 Å². The van der Waals surface area contributed by atoms with Crippen LogP contribution < -0.4 is 19.6 Å². The lowest BCUT2D eigenvalue weighted by Crippen LogP contribution is -2.40. The minimum absolute atomic E-state index is 0.0451. The van der Waals surface area contributed by atoms with Crippen molar-refractivity contribution in [1.82, 2.24) is 4.57 Å². The number of aromatic hydroxyl groups is 1. The quantitative estimate of drug-likeness (QED) is 0.286. The molecule has 0 saturated heterocycles. The van der Waals surface area contributed by atoms with E-state index in [2.05, 4.69) is 4.99 Å². The van der Waals surface area contributed by atoms with Crippen molar-refractivity contribution in [2.45, 2.75) is 26.8 Å². The van der Waals surface area contributed by atoms with Crippen LogP contribution in [-0.2, 0) is 9.53 Å². The van der Waals surface area contributed by atoms with Gasteiger partial charge in [0.25, 0.3) is 11.2 Å². The number of hydrogen-bond donors (Lipinski definition) is 1. The first-order chi connectivity index (χ1) is 17.6. The number of fused-ring (bicyclic) bond motifs is 1. The zero-order chi connectivity index (χ0) is 27.0. The summed E-state index contributed by atoms with van der Waals surface area (Å²) in [5.74, 6) is -0.753. The molecule has 0 spiro atoms. The lowest BCUT2D eigenvalue weighted by molar-refractivity contribution is -0.385. The Morgan fingerprint density at radius 2 is 2.05 bits per heavy atom. The molecule has 0 amide bonds. The highest BCUT2D eigenvalue weighted by Gasteiger charge is 2.34. The molecule has 10 nitrogen and oxygen atoms in total. The van der Waals surface area contributed by atoms with Crippen LogP contribution in [0.3, 0.4) is 0 Å². The smallest absolute Gasteiger partial charge is 0.338 e. The topological polar surface area (TPSA) is 133 Å². The van der Waals surface area contributed by atoms with Crippen LogP contribution in [-0.4, -0.2) is 34.3 Å². The number of halogens is 1. The summed E-state index contributed by atoms with van der Waals surface area (Å²) in [6, 6.07) is 6.59. The van der Waals surface area contributed by atoms with E-state index in [1.807, 2.05) is 0 Å². The van der Waals surface area contributed by atoms with Crippen LogP contribution in [0.2, 0.25) is 5.02 Å². The third-order valence-electron chi connectivity index (χ3n) is 5.83. The summed E-state index contributed by atoms with van der Waals surface area (Å²) in [4.78, 5) is 42.6. The molecule has 1 aliphatic heterocycles. The Kier molecular flexibility index (Phi) is 7.19. The summed E-state index contributed by atoms with van der Waals surface area (Å²) in [6.45, 7) is 5.00. The van der Waals surface area contributed by atoms with Crippen LogP contribution in [0.5, 0.6) is 11.5 Å². The minimum atomic E-state index is -0.991. The Morgan fingerprint density at radius 1 is 1.32 bits per heavy atom. The SMILES string of the molecule is CCOC(=O)C1=C(C)N=c2sc(=Cc3cc(Cl)c(O)c(OC)c3)c(=O)n2C1c1ccc(C)c([N+](=O)[O-])c1. The van der Waals surface area contributed by atoms with Gasteiger partial charge < -0.3 is 14.6 Å². The van der Waals surface area contributed by atoms with E-state index in [0.717, 1.165) is 11.3 Å². The van der Waals surface area contributed by atoms with Crippen molar-refractivity contribution in [2.24, 2.45) is 4.99 Å². The molecule has 1 unspecified atom stereocenters. The second kappa shape index (κ2) is 10.2. The Bertz CT molecular complexity index is 1660. The van der Waals surface area contributed by atoms with Crippen molar-refractivity contribution in [2.75, 3.05) is 13.7 Å². The number of esters is 1. The van der Waals surface area contributed by atoms with Gasteiger partial charge in [-0.25, -0.2) is 9.79 Å². The van der Waals surface area contributed by atoms with E-state index < -0.39 is 22.5 Å². The Morgan fingerprint density at radius 3 is 2.70 bits per heavy atom. The fraction of sp³-hybridized carbons (Fsp3) is 0.240. The predicted octanol–water partition coefficient (Wildman–Crippen LogP) is 3.38. The monoisotopic (exact) mass is 543 g/mol. The second-order valence-electron chi connectivity index (χ2n) is 8.16. The maximum absolute atomic E-state index is 13.7. The van der Waals surface area contributed by atoms with E-state index in [1.165, 1.54) is 29.9 Å². The van der Waals surface area contributed by atoms with Crippen molar-refractivity contribution in [3.63, 3.8) is 0 Å². The number of aryl methyl sites for hydroxylation is 1. The number of allylic oxidation sites excluding steroid dienone is 1. The summed E-state index contributed by atoms with van der Waals surface area (Å²) < 4.78 is 12.0. The summed E-state index contributed by atoms with van der Waals surface area (Å²) in [7, 11) is 1.38. The molecule has 1 aromatic heterocycles. The molecule has 12 heteroatoms. The van der Waals surface area contributed by atoms with Gasteiger partial charge in [-0.05, 0) is 50.1 Å². The highest BCUT2D eigenvalue weighted by molar-refractivity contribution is 7.07. The molecule has 2 aromatic carbocycles. The zero-order valence-electron chi connectivity index (χ0n) is 20.3. The Balaban J connectivity index is 1.99. The van der Waals surface area contributed by atoms with Gasteiger partial charge in [-0.15, -0.1) is 0 Å². The van der Waals surface area contributed by atoms with Crippen LogP contribution in [0.25, 0.3) is 6.08 Å². The van der Waals surface area contributed by atoms with Crippen molar-refractivity contribution in [1.29, 1.82) is 0 Å². The first kappa shape index (κ1) is 26.1.